The third kappa shape index (κ3) is 4.27. The number of benzene rings is 1. The molecule has 140 valence electrons. The zero-order valence-corrected chi connectivity index (χ0v) is 16.3. The molecule has 1 nitrogen and oxygen atoms in total. The molecule has 0 bridgehead atoms. The van der Waals surface area contributed by atoms with E-state index in [9.17, 15) is 0 Å². The second-order valence-electron chi connectivity index (χ2n) is 8.36. The first-order valence-electron chi connectivity index (χ1n) is 10.5. The lowest BCUT2D eigenvalue weighted by Gasteiger charge is -2.31. The largest absolute Gasteiger partial charge is 0.373 e. The summed E-state index contributed by atoms with van der Waals surface area (Å²) in [6.45, 7) is 7.28. The molecule has 1 aliphatic heterocycles. The number of rotatable bonds is 5. The molecular formula is C23H35FO. The third-order valence-electron chi connectivity index (χ3n) is 6.74. The molecule has 1 saturated carbocycles. The van der Waals surface area contributed by atoms with Gasteiger partial charge in [-0.1, -0.05) is 38.8 Å². The average Bonchev–Trinajstić information content (AvgIpc) is 2.65. The summed E-state index contributed by atoms with van der Waals surface area (Å²) in [6.07, 6.45) is 10.8. The smallest absolute Gasteiger partial charge is 0.132 e. The van der Waals surface area contributed by atoms with Crippen LogP contribution in [-0.4, -0.2) is 6.61 Å². The molecule has 0 radical (unpaired) electrons. The van der Waals surface area contributed by atoms with Crippen LogP contribution >= 0.6 is 0 Å². The van der Waals surface area contributed by atoms with Crippen LogP contribution in [0.5, 0.6) is 0 Å². The molecule has 25 heavy (non-hydrogen) atoms. The minimum atomic E-state index is -0.0447. The van der Waals surface area contributed by atoms with Gasteiger partial charge in [0.25, 0.3) is 0 Å². The van der Waals surface area contributed by atoms with E-state index in [1.807, 2.05) is 13.0 Å². The Kier molecular flexibility index (Phi) is 6.55. The summed E-state index contributed by atoms with van der Waals surface area (Å²) in [5.74, 6) is 2.09. The van der Waals surface area contributed by atoms with Crippen LogP contribution < -0.4 is 0 Å². The molecule has 2 atom stereocenters. The van der Waals surface area contributed by atoms with E-state index in [0.29, 0.717) is 11.8 Å². The van der Waals surface area contributed by atoms with Gasteiger partial charge in [-0.3, -0.25) is 0 Å². The highest BCUT2D eigenvalue weighted by Gasteiger charge is 2.28. The molecule has 0 amide bonds. The second kappa shape index (κ2) is 8.66. The Morgan fingerprint density at radius 1 is 0.960 bits per heavy atom. The number of hydrogen-bond acceptors (Lipinski definition) is 1. The SMILES string of the molecule is CCCC1CCC(c2ccc(C3CCC(CC)CC3)c(C)c2F)OC1. The molecule has 2 aliphatic rings. The van der Waals surface area contributed by atoms with Crippen molar-refractivity contribution in [2.75, 3.05) is 6.61 Å². The Hall–Kier alpha value is -0.890. The molecule has 1 saturated heterocycles. The third-order valence-corrected chi connectivity index (χ3v) is 6.74. The van der Waals surface area contributed by atoms with Gasteiger partial charge in [0.15, 0.2) is 0 Å². The van der Waals surface area contributed by atoms with Gasteiger partial charge in [-0.25, -0.2) is 4.39 Å². The fourth-order valence-corrected chi connectivity index (χ4v) is 4.98. The van der Waals surface area contributed by atoms with Crippen LogP contribution in [0.15, 0.2) is 12.1 Å². The van der Waals surface area contributed by atoms with Crippen molar-refractivity contribution < 1.29 is 9.13 Å². The summed E-state index contributed by atoms with van der Waals surface area (Å²) in [7, 11) is 0. The van der Waals surface area contributed by atoms with Crippen molar-refractivity contribution in [3.63, 3.8) is 0 Å². The van der Waals surface area contributed by atoms with E-state index in [4.69, 9.17) is 4.74 Å². The monoisotopic (exact) mass is 346 g/mol. The van der Waals surface area contributed by atoms with Crippen LogP contribution in [0, 0.1) is 24.6 Å². The van der Waals surface area contributed by atoms with Crippen LogP contribution in [0.2, 0.25) is 0 Å². The number of hydrogen-bond donors (Lipinski definition) is 0. The second-order valence-corrected chi connectivity index (χ2v) is 8.36. The first kappa shape index (κ1) is 18.9. The van der Waals surface area contributed by atoms with Gasteiger partial charge in [-0.05, 0) is 80.8 Å². The van der Waals surface area contributed by atoms with Crippen molar-refractivity contribution in [2.45, 2.75) is 90.6 Å². The van der Waals surface area contributed by atoms with Crippen molar-refractivity contribution in [1.82, 2.24) is 0 Å². The number of ether oxygens (including phenoxy) is 1. The van der Waals surface area contributed by atoms with Crippen molar-refractivity contribution in [1.29, 1.82) is 0 Å². The Bertz CT molecular complexity index is 551. The molecule has 2 fully saturated rings. The first-order chi connectivity index (χ1) is 12.1. The fourth-order valence-electron chi connectivity index (χ4n) is 4.98. The maximum atomic E-state index is 15.1. The van der Waals surface area contributed by atoms with Gasteiger partial charge in [0, 0.05) is 5.56 Å². The van der Waals surface area contributed by atoms with Gasteiger partial charge in [-0.15, -0.1) is 0 Å². The van der Waals surface area contributed by atoms with Crippen molar-refractivity contribution in [3.8, 4) is 0 Å². The van der Waals surface area contributed by atoms with Gasteiger partial charge >= 0.3 is 0 Å². The van der Waals surface area contributed by atoms with E-state index in [1.165, 1.54) is 56.9 Å². The highest BCUT2D eigenvalue weighted by molar-refractivity contribution is 5.37. The summed E-state index contributed by atoms with van der Waals surface area (Å²) >= 11 is 0. The van der Waals surface area contributed by atoms with Crippen LogP contribution in [0.3, 0.4) is 0 Å². The molecule has 1 aromatic rings. The standard InChI is InChI=1S/C23H35FO/c1-4-6-18-9-14-22(25-15-18)21-13-12-20(16(3)23(21)24)19-10-7-17(5-2)8-11-19/h12-13,17-19,22H,4-11,14-15H2,1-3H3. The summed E-state index contributed by atoms with van der Waals surface area (Å²) < 4.78 is 21.1. The predicted octanol–water partition coefficient (Wildman–Crippen LogP) is 7.09. The van der Waals surface area contributed by atoms with E-state index >= 15 is 4.39 Å². The van der Waals surface area contributed by atoms with E-state index in [2.05, 4.69) is 19.9 Å². The highest BCUT2D eigenvalue weighted by Crippen LogP contribution is 2.41. The Morgan fingerprint density at radius 2 is 1.64 bits per heavy atom. The molecule has 0 spiro atoms. The van der Waals surface area contributed by atoms with Crippen molar-refractivity contribution in [3.05, 3.63) is 34.6 Å². The molecule has 2 heteroatoms. The maximum absolute atomic E-state index is 15.1. The molecule has 3 rings (SSSR count). The molecule has 2 unspecified atom stereocenters. The first-order valence-corrected chi connectivity index (χ1v) is 10.5. The van der Waals surface area contributed by atoms with Crippen LogP contribution in [0.4, 0.5) is 4.39 Å². The quantitative estimate of drug-likeness (QED) is 0.553. The van der Waals surface area contributed by atoms with Crippen LogP contribution in [0.1, 0.15) is 100 Å². The lowest BCUT2D eigenvalue weighted by Crippen LogP contribution is -2.22. The average molecular weight is 347 g/mol. The topological polar surface area (TPSA) is 9.23 Å². The van der Waals surface area contributed by atoms with Gasteiger partial charge in [0.1, 0.15) is 5.82 Å². The molecule has 1 aromatic carbocycles. The lowest BCUT2D eigenvalue weighted by molar-refractivity contribution is -0.0212. The predicted molar refractivity (Wildman–Crippen MR) is 102 cm³/mol. The maximum Gasteiger partial charge on any atom is 0.132 e. The number of halogens is 1. The Balaban J connectivity index is 1.69. The van der Waals surface area contributed by atoms with E-state index in [-0.39, 0.29) is 11.9 Å². The zero-order chi connectivity index (χ0) is 17.8. The van der Waals surface area contributed by atoms with Crippen molar-refractivity contribution >= 4 is 0 Å². The normalized spacial score (nSPS) is 30.4. The molecule has 0 N–H and O–H groups in total. The van der Waals surface area contributed by atoms with Crippen molar-refractivity contribution in [2.24, 2.45) is 11.8 Å². The van der Waals surface area contributed by atoms with Gasteiger partial charge in [0.05, 0.1) is 12.7 Å². The summed E-state index contributed by atoms with van der Waals surface area (Å²) in [4.78, 5) is 0. The van der Waals surface area contributed by atoms with Crippen LogP contribution in [0.25, 0.3) is 0 Å². The van der Waals surface area contributed by atoms with E-state index in [1.54, 1.807) is 0 Å². The molecule has 1 heterocycles. The minimum absolute atomic E-state index is 0.00550. The molecular weight excluding hydrogens is 311 g/mol. The van der Waals surface area contributed by atoms with Gasteiger partial charge in [-0.2, -0.15) is 0 Å². The summed E-state index contributed by atoms with van der Waals surface area (Å²) in [5.41, 5.74) is 2.91. The Labute approximate surface area is 153 Å². The molecule has 1 aliphatic carbocycles. The minimum Gasteiger partial charge on any atom is -0.373 e. The van der Waals surface area contributed by atoms with Gasteiger partial charge in [0.2, 0.25) is 0 Å². The highest BCUT2D eigenvalue weighted by atomic mass is 19.1. The fraction of sp³-hybridized carbons (Fsp3) is 0.739. The lowest BCUT2D eigenvalue weighted by atomic mass is 9.76. The van der Waals surface area contributed by atoms with Crippen LogP contribution in [-0.2, 0) is 4.74 Å². The zero-order valence-electron chi connectivity index (χ0n) is 16.3. The summed E-state index contributed by atoms with van der Waals surface area (Å²) in [6, 6.07) is 4.22. The van der Waals surface area contributed by atoms with E-state index in [0.717, 1.165) is 30.1 Å². The summed E-state index contributed by atoms with van der Waals surface area (Å²) in [5, 5.41) is 0. The van der Waals surface area contributed by atoms with E-state index < -0.39 is 0 Å². The Morgan fingerprint density at radius 3 is 2.24 bits per heavy atom. The molecule has 0 aromatic heterocycles. The van der Waals surface area contributed by atoms with Gasteiger partial charge < -0.3 is 4.74 Å².